The van der Waals surface area contributed by atoms with Crippen molar-refractivity contribution in [2.45, 2.75) is 6.92 Å². The molecule has 0 aliphatic rings. The van der Waals surface area contributed by atoms with E-state index in [1.807, 2.05) is 0 Å². The Morgan fingerprint density at radius 3 is 2.47 bits per heavy atom. The summed E-state index contributed by atoms with van der Waals surface area (Å²) in [4.78, 5) is 26.3. The van der Waals surface area contributed by atoms with Gasteiger partial charge in [-0.3, -0.25) is 4.79 Å². The van der Waals surface area contributed by atoms with Gasteiger partial charge in [0.1, 0.15) is 28.6 Å². The minimum atomic E-state index is -0.328. The van der Waals surface area contributed by atoms with Crippen molar-refractivity contribution in [2.75, 3.05) is 33.1 Å². The fourth-order valence-electron chi connectivity index (χ4n) is 3.28. The summed E-state index contributed by atoms with van der Waals surface area (Å²) in [5.41, 5.74) is 8.57. The number of allylic oxidation sites excluding steroid dienone is 2. The van der Waals surface area contributed by atoms with Crippen molar-refractivity contribution in [3.8, 4) is 34.1 Å². The van der Waals surface area contributed by atoms with Gasteiger partial charge in [-0.05, 0) is 19.1 Å². The number of nitrogens with zero attached hydrogens (tertiary/aromatic N) is 4. The topological polar surface area (TPSA) is 161 Å². The third kappa shape index (κ3) is 5.04. The fourth-order valence-corrected chi connectivity index (χ4v) is 3.28. The maximum Gasteiger partial charge on any atom is 0.276 e. The minimum Gasteiger partial charge on any atom is -0.497 e. The summed E-state index contributed by atoms with van der Waals surface area (Å²) in [6.45, 7) is 2.04. The van der Waals surface area contributed by atoms with E-state index in [2.05, 4.69) is 20.3 Å². The molecule has 0 saturated carbocycles. The fraction of sp³-hybridized carbons (Fsp3) is 0.261. The van der Waals surface area contributed by atoms with Gasteiger partial charge in [-0.15, -0.1) is 0 Å². The molecule has 0 aliphatic carbocycles. The molecule has 3 rings (SSSR count). The Bertz CT molecular complexity index is 1280. The predicted molar refractivity (Wildman–Crippen MR) is 130 cm³/mol. The van der Waals surface area contributed by atoms with E-state index in [1.54, 1.807) is 32.2 Å². The molecule has 1 aromatic carbocycles. The summed E-state index contributed by atoms with van der Waals surface area (Å²) in [6.07, 6.45) is 4.13. The summed E-state index contributed by atoms with van der Waals surface area (Å²) in [5, 5.41) is 19.9. The number of ether oxygens (including phenoxy) is 2. The Labute approximate surface area is 196 Å². The van der Waals surface area contributed by atoms with Crippen molar-refractivity contribution in [3.05, 3.63) is 52.3 Å². The van der Waals surface area contributed by atoms with Gasteiger partial charge in [0, 0.05) is 48.9 Å². The van der Waals surface area contributed by atoms with Crippen LogP contribution in [0, 0.1) is 5.41 Å². The van der Waals surface area contributed by atoms with Crippen LogP contribution in [0.25, 0.3) is 28.2 Å². The van der Waals surface area contributed by atoms with Gasteiger partial charge in [0.05, 0.1) is 32.7 Å². The maximum absolute atomic E-state index is 12.9. The number of nitrogen functional groups attached to an aromatic ring is 1. The van der Waals surface area contributed by atoms with Gasteiger partial charge in [-0.2, -0.15) is 0 Å². The van der Waals surface area contributed by atoms with E-state index < -0.39 is 0 Å². The highest BCUT2D eigenvalue weighted by Gasteiger charge is 2.17. The van der Waals surface area contributed by atoms with Crippen LogP contribution in [-0.4, -0.2) is 58.2 Å². The number of rotatable bonds is 9. The van der Waals surface area contributed by atoms with Gasteiger partial charge in [0.25, 0.3) is 5.56 Å². The molecule has 0 amide bonds. The van der Waals surface area contributed by atoms with Crippen LogP contribution in [0.2, 0.25) is 0 Å². The Hall–Kier alpha value is -4.25. The lowest BCUT2D eigenvalue weighted by Crippen LogP contribution is -2.21. The Morgan fingerprint density at radius 1 is 1.21 bits per heavy atom. The lowest BCUT2D eigenvalue weighted by molar-refractivity contribution is 0.297. The molecule has 178 valence electrons. The Kier molecular flexibility index (Phi) is 7.59. The van der Waals surface area contributed by atoms with Gasteiger partial charge in [0.2, 0.25) is 0 Å². The van der Waals surface area contributed by atoms with E-state index in [1.165, 1.54) is 31.2 Å². The van der Waals surface area contributed by atoms with E-state index in [0.29, 0.717) is 46.3 Å². The zero-order valence-electron chi connectivity index (χ0n) is 19.4. The first kappa shape index (κ1) is 24.4. The van der Waals surface area contributed by atoms with Crippen LogP contribution in [0.3, 0.4) is 0 Å². The third-order valence-electron chi connectivity index (χ3n) is 5.07. The number of nitrogens with two attached hydrogens (primary N) is 1. The van der Waals surface area contributed by atoms with E-state index in [4.69, 9.17) is 25.7 Å². The van der Waals surface area contributed by atoms with Crippen LogP contribution in [-0.2, 0) is 7.05 Å². The van der Waals surface area contributed by atoms with Crippen LogP contribution in [0.1, 0.15) is 12.6 Å². The lowest BCUT2D eigenvalue weighted by atomic mass is 10.1. The second kappa shape index (κ2) is 10.6. The van der Waals surface area contributed by atoms with Crippen LogP contribution < -0.4 is 26.1 Å². The van der Waals surface area contributed by atoms with E-state index in [-0.39, 0.29) is 29.4 Å². The third-order valence-corrected chi connectivity index (χ3v) is 5.07. The minimum absolute atomic E-state index is 0.0545. The number of benzene rings is 1. The molecule has 0 atom stereocenters. The molecule has 34 heavy (non-hydrogen) atoms. The SMILES string of the molecule is COc1cc(OC)cc(-c2nc(-c3nc(/C(C=N)=C(\C)NCCO)cnc3N)cn(C)c2=O)c1. The first-order valence-corrected chi connectivity index (χ1v) is 10.3. The van der Waals surface area contributed by atoms with Crippen molar-refractivity contribution in [1.82, 2.24) is 24.8 Å². The predicted octanol–water partition coefficient (Wildman–Crippen LogP) is 1.47. The van der Waals surface area contributed by atoms with Crippen molar-refractivity contribution in [3.63, 3.8) is 0 Å². The summed E-state index contributed by atoms with van der Waals surface area (Å²) >= 11 is 0. The van der Waals surface area contributed by atoms with Crippen LogP contribution in [0.4, 0.5) is 5.82 Å². The normalized spacial score (nSPS) is 11.6. The number of hydrogen-bond acceptors (Lipinski definition) is 10. The molecule has 0 aliphatic heterocycles. The second-order valence-electron chi connectivity index (χ2n) is 7.31. The smallest absolute Gasteiger partial charge is 0.276 e. The molecule has 0 radical (unpaired) electrons. The molecule has 11 heteroatoms. The van der Waals surface area contributed by atoms with Gasteiger partial charge in [-0.1, -0.05) is 0 Å². The first-order valence-electron chi connectivity index (χ1n) is 10.3. The number of hydrogen-bond donors (Lipinski definition) is 4. The molecule has 0 spiro atoms. The maximum atomic E-state index is 12.9. The quantitative estimate of drug-likeness (QED) is 0.343. The van der Waals surface area contributed by atoms with Crippen molar-refractivity contribution in [1.29, 1.82) is 5.41 Å². The molecule has 5 N–H and O–H groups in total. The monoisotopic (exact) mass is 465 g/mol. The number of methoxy groups -OCH3 is 2. The number of aliphatic hydroxyl groups is 1. The second-order valence-corrected chi connectivity index (χ2v) is 7.31. The van der Waals surface area contributed by atoms with E-state index in [0.717, 1.165) is 6.21 Å². The summed E-state index contributed by atoms with van der Waals surface area (Å²) < 4.78 is 12.0. The molecule has 0 bridgehead atoms. The number of aryl methyl sites for hydroxylation is 1. The molecular weight excluding hydrogens is 438 g/mol. The number of nitrogens with one attached hydrogen (secondary N) is 2. The van der Waals surface area contributed by atoms with Crippen LogP contribution >= 0.6 is 0 Å². The Balaban J connectivity index is 2.19. The van der Waals surface area contributed by atoms with Gasteiger partial charge >= 0.3 is 0 Å². The van der Waals surface area contributed by atoms with Crippen LogP contribution in [0.15, 0.2) is 41.1 Å². The molecule has 2 heterocycles. The van der Waals surface area contributed by atoms with Gasteiger partial charge in [-0.25, -0.2) is 15.0 Å². The molecule has 11 nitrogen and oxygen atoms in total. The molecular formula is C23H27N7O4. The van der Waals surface area contributed by atoms with Gasteiger partial charge in [0.15, 0.2) is 5.82 Å². The molecule has 0 saturated heterocycles. The largest absolute Gasteiger partial charge is 0.497 e. The zero-order chi connectivity index (χ0) is 24.8. The number of aliphatic hydroxyl groups excluding tert-OH is 1. The highest BCUT2D eigenvalue weighted by Crippen LogP contribution is 2.29. The van der Waals surface area contributed by atoms with Crippen molar-refractivity contribution < 1.29 is 14.6 Å². The van der Waals surface area contributed by atoms with Crippen molar-refractivity contribution in [2.24, 2.45) is 7.05 Å². The van der Waals surface area contributed by atoms with E-state index >= 15 is 0 Å². The van der Waals surface area contributed by atoms with Gasteiger partial charge < -0.3 is 35.6 Å². The average Bonchev–Trinajstić information content (AvgIpc) is 2.85. The average molecular weight is 466 g/mol. The summed E-state index contributed by atoms with van der Waals surface area (Å²) in [5.74, 6) is 1.14. The molecule has 3 aromatic rings. The molecule has 0 unspecified atom stereocenters. The Morgan fingerprint density at radius 2 is 1.88 bits per heavy atom. The zero-order valence-corrected chi connectivity index (χ0v) is 19.4. The summed E-state index contributed by atoms with van der Waals surface area (Å²) in [7, 11) is 4.65. The standard InChI is InChI=1S/C23H27N7O4/c1-13(26-5-6-31)17(10-24)18-11-27-22(25)21(28-18)19-12-30(2)23(32)20(29-19)14-7-15(33-3)9-16(8-14)34-4/h7-12,24,26,31H,5-6H2,1-4H3,(H2,25,27)/b17-13+,24-10?. The molecule has 2 aromatic heterocycles. The highest BCUT2D eigenvalue weighted by molar-refractivity contribution is 6.08. The first-order chi connectivity index (χ1) is 16.3. The van der Waals surface area contributed by atoms with Crippen molar-refractivity contribution >= 4 is 17.6 Å². The van der Waals surface area contributed by atoms with Crippen LogP contribution in [0.5, 0.6) is 11.5 Å². The number of anilines is 1. The highest BCUT2D eigenvalue weighted by atomic mass is 16.5. The molecule has 0 fully saturated rings. The number of aromatic nitrogens is 4. The van der Waals surface area contributed by atoms with E-state index in [9.17, 15) is 4.79 Å². The lowest BCUT2D eigenvalue weighted by Gasteiger charge is -2.13. The summed E-state index contributed by atoms with van der Waals surface area (Å²) in [6, 6.07) is 5.07.